The minimum Gasteiger partial charge on any atom is -0.312 e. The van der Waals surface area contributed by atoms with Gasteiger partial charge >= 0.3 is 0 Å². The normalized spacial score (nSPS) is 18.7. The van der Waals surface area contributed by atoms with Crippen LogP contribution in [0.15, 0.2) is 0 Å². The Morgan fingerprint density at radius 1 is 0.824 bits per heavy atom. The van der Waals surface area contributed by atoms with E-state index in [-0.39, 0.29) is 0 Å². The summed E-state index contributed by atoms with van der Waals surface area (Å²) in [5.41, 5.74) is 0.487. The van der Waals surface area contributed by atoms with Crippen LogP contribution in [0.3, 0.4) is 0 Å². The number of hydrogen-bond acceptors (Lipinski definition) is 1. The van der Waals surface area contributed by atoms with Crippen molar-refractivity contribution < 1.29 is 0 Å². The first-order valence-electron chi connectivity index (χ1n) is 8.02. The van der Waals surface area contributed by atoms with E-state index in [1.165, 1.54) is 83.6 Å². The van der Waals surface area contributed by atoms with Gasteiger partial charge in [0.1, 0.15) is 0 Å². The molecule has 1 N–H and O–H groups in total. The van der Waals surface area contributed by atoms with Crippen molar-refractivity contribution in [3.8, 4) is 0 Å². The molecule has 1 aliphatic carbocycles. The van der Waals surface area contributed by atoms with E-state index in [0.717, 1.165) is 0 Å². The van der Waals surface area contributed by atoms with E-state index in [4.69, 9.17) is 0 Å². The SMILES string of the molecule is CCCCCCCCCCNC1(C)CCCC1. The Morgan fingerprint density at radius 3 is 1.94 bits per heavy atom. The summed E-state index contributed by atoms with van der Waals surface area (Å²) >= 11 is 0. The van der Waals surface area contributed by atoms with Crippen molar-refractivity contribution in [2.24, 2.45) is 0 Å². The van der Waals surface area contributed by atoms with Gasteiger partial charge in [0.2, 0.25) is 0 Å². The minimum atomic E-state index is 0.487. The summed E-state index contributed by atoms with van der Waals surface area (Å²) in [6.45, 7) is 5.94. The van der Waals surface area contributed by atoms with Crippen LogP contribution in [-0.2, 0) is 0 Å². The molecule has 0 bridgehead atoms. The molecule has 1 fully saturated rings. The Balaban J connectivity index is 1.81. The van der Waals surface area contributed by atoms with Crippen molar-refractivity contribution in [1.82, 2.24) is 5.32 Å². The number of rotatable bonds is 10. The van der Waals surface area contributed by atoms with Gasteiger partial charge in [-0.25, -0.2) is 0 Å². The molecule has 0 aromatic rings. The lowest BCUT2D eigenvalue weighted by molar-refractivity contribution is 0.359. The smallest absolute Gasteiger partial charge is 0.0153 e. The van der Waals surface area contributed by atoms with Crippen LogP contribution < -0.4 is 5.32 Å². The van der Waals surface area contributed by atoms with Gasteiger partial charge in [-0.1, -0.05) is 64.7 Å². The fourth-order valence-electron chi connectivity index (χ4n) is 2.98. The maximum atomic E-state index is 3.77. The van der Waals surface area contributed by atoms with Crippen LogP contribution >= 0.6 is 0 Å². The van der Waals surface area contributed by atoms with Crippen molar-refractivity contribution in [3.05, 3.63) is 0 Å². The highest BCUT2D eigenvalue weighted by Crippen LogP contribution is 2.28. The molecule has 1 saturated carbocycles. The van der Waals surface area contributed by atoms with Gasteiger partial charge in [0, 0.05) is 5.54 Å². The van der Waals surface area contributed by atoms with Crippen LogP contribution in [0.1, 0.15) is 90.9 Å². The second kappa shape index (κ2) is 8.97. The van der Waals surface area contributed by atoms with Crippen molar-refractivity contribution in [2.45, 2.75) is 96.4 Å². The Kier molecular flexibility index (Phi) is 7.92. The van der Waals surface area contributed by atoms with Gasteiger partial charge in [-0.15, -0.1) is 0 Å². The van der Waals surface area contributed by atoms with E-state index in [1.54, 1.807) is 0 Å². The molecule has 0 aliphatic heterocycles. The third-order valence-corrected chi connectivity index (χ3v) is 4.29. The van der Waals surface area contributed by atoms with Gasteiger partial charge in [-0.05, 0) is 32.7 Å². The first-order valence-corrected chi connectivity index (χ1v) is 8.02. The van der Waals surface area contributed by atoms with Crippen molar-refractivity contribution in [3.63, 3.8) is 0 Å². The zero-order valence-electron chi connectivity index (χ0n) is 12.2. The van der Waals surface area contributed by atoms with Crippen LogP contribution in [0.2, 0.25) is 0 Å². The topological polar surface area (TPSA) is 12.0 Å². The van der Waals surface area contributed by atoms with Crippen LogP contribution in [-0.4, -0.2) is 12.1 Å². The molecule has 0 radical (unpaired) electrons. The summed E-state index contributed by atoms with van der Waals surface area (Å²) in [4.78, 5) is 0. The number of unbranched alkanes of at least 4 members (excludes halogenated alkanes) is 7. The Labute approximate surface area is 109 Å². The van der Waals surface area contributed by atoms with Crippen LogP contribution in [0.25, 0.3) is 0 Å². The molecule has 0 atom stereocenters. The van der Waals surface area contributed by atoms with Gasteiger partial charge in [0.25, 0.3) is 0 Å². The molecule has 1 heteroatoms. The molecule has 0 saturated heterocycles. The van der Waals surface area contributed by atoms with E-state index in [1.807, 2.05) is 0 Å². The van der Waals surface area contributed by atoms with Crippen LogP contribution in [0, 0.1) is 0 Å². The molecular weight excluding hydrogens is 206 g/mol. The van der Waals surface area contributed by atoms with Gasteiger partial charge in [0.15, 0.2) is 0 Å². The van der Waals surface area contributed by atoms with E-state index in [0.29, 0.717) is 5.54 Å². The molecule has 0 unspecified atom stereocenters. The van der Waals surface area contributed by atoms with Crippen molar-refractivity contribution in [1.29, 1.82) is 0 Å². The average molecular weight is 239 g/mol. The zero-order valence-corrected chi connectivity index (χ0v) is 12.2. The molecule has 0 spiro atoms. The standard InChI is InChI=1S/C16H33N/c1-3-4-5-6-7-8-9-12-15-17-16(2)13-10-11-14-16/h17H,3-15H2,1-2H3. The zero-order chi connectivity index (χ0) is 12.4. The third kappa shape index (κ3) is 7.08. The molecule has 1 rings (SSSR count). The van der Waals surface area contributed by atoms with Gasteiger partial charge in [-0.2, -0.15) is 0 Å². The molecule has 0 aromatic carbocycles. The van der Waals surface area contributed by atoms with Crippen LogP contribution in [0.5, 0.6) is 0 Å². The molecule has 17 heavy (non-hydrogen) atoms. The monoisotopic (exact) mass is 239 g/mol. The lowest BCUT2D eigenvalue weighted by atomic mass is 10.0. The Bertz CT molecular complexity index is 170. The second-order valence-corrected chi connectivity index (χ2v) is 6.17. The summed E-state index contributed by atoms with van der Waals surface area (Å²) in [5.74, 6) is 0. The molecule has 102 valence electrons. The summed E-state index contributed by atoms with van der Waals surface area (Å²) in [7, 11) is 0. The molecule has 0 aromatic heterocycles. The summed E-state index contributed by atoms with van der Waals surface area (Å²) in [6, 6.07) is 0. The predicted molar refractivity (Wildman–Crippen MR) is 77.5 cm³/mol. The van der Waals surface area contributed by atoms with Gasteiger partial charge < -0.3 is 5.32 Å². The Morgan fingerprint density at radius 2 is 1.35 bits per heavy atom. The predicted octanol–water partition coefficient (Wildman–Crippen LogP) is 5.05. The summed E-state index contributed by atoms with van der Waals surface area (Å²) in [5, 5.41) is 3.77. The van der Waals surface area contributed by atoms with Crippen molar-refractivity contribution in [2.75, 3.05) is 6.54 Å². The highest BCUT2D eigenvalue weighted by molar-refractivity contribution is 4.87. The molecule has 0 amide bonds. The first-order chi connectivity index (χ1) is 8.27. The maximum absolute atomic E-state index is 3.77. The average Bonchev–Trinajstić information content (AvgIpc) is 2.74. The molecule has 1 aliphatic rings. The van der Waals surface area contributed by atoms with Crippen LogP contribution in [0.4, 0.5) is 0 Å². The highest BCUT2D eigenvalue weighted by atomic mass is 15.0. The summed E-state index contributed by atoms with van der Waals surface area (Å²) in [6.07, 6.45) is 17.1. The van der Waals surface area contributed by atoms with E-state index in [2.05, 4.69) is 19.2 Å². The maximum Gasteiger partial charge on any atom is 0.0153 e. The van der Waals surface area contributed by atoms with E-state index in [9.17, 15) is 0 Å². The number of hydrogen-bond donors (Lipinski definition) is 1. The van der Waals surface area contributed by atoms with Gasteiger partial charge in [-0.3, -0.25) is 0 Å². The van der Waals surface area contributed by atoms with Crippen molar-refractivity contribution >= 4 is 0 Å². The fraction of sp³-hybridized carbons (Fsp3) is 1.00. The highest BCUT2D eigenvalue weighted by Gasteiger charge is 2.26. The first kappa shape index (κ1) is 15.0. The van der Waals surface area contributed by atoms with E-state index >= 15 is 0 Å². The quantitative estimate of drug-likeness (QED) is 0.526. The fourth-order valence-corrected chi connectivity index (χ4v) is 2.98. The molecular formula is C16H33N. The second-order valence-electron chi connectivity index (χ2n) is 6.17. The molecule has 1 nitrogen and oxygen atoms in total. The third-order valence-electron chi connectivity index (χ3n) is 4.29. The Hall–Kier alpha value is -0.0400. The largest absolute Gasteiger partial charge is 0.312 e. The molecule has 0 heterocycles. The number of nitrogens with one attached hydrogen (secondary N) is 1. The minimum absolute atomic E-state index is 0.487. The lowest BCUT2D eigenvalue weighted by Gasteiger charge is -2.25. The summed E-state index contributed by atoms with van der Waals surface area (Å²) < 4.78 is 0. The van der Waals surface area contributed by atoms with E-state index < -0.39 is 0 Å². The van der Waals surface area contributed by atoms with Gasteiger partial charge in [0.05, 0.1) is 0 Å². The lowest BCUT2D eigenvalue weighted by Crippen LogP contribution is -2.39.